The van der Waals surface area contributed by atoms with E-state index in [1.165, 1.54) is 0 Å². The number of hydrogen-bond donors (Lipinski definition) is 2. The van der Waals surface area contributed by atoms with Crippen LogP contribution in [0.1, 0.15) is 36.8 Å². The van der Waals surface area contributed by atoms with Crippen molar-refractivity contribution in [3.05, 3.63) is 29.6 Å². The number of carbonyl (C=O) groups excluding carboxylic acids is 1. The number of ether oxygens (including phenoxy) is 1. The van der Waals surface area contributed by atoms with E-state index in [1.807, 2.05) is 25.7 Å². The van der Waals surface area contributed by atoms with Crippen LogP contribution in [0.2, 0.25) is 0 Å². The Balaban J connectivity index is 2.01. The lowest BCUT2D eigenvalue weighted by molar-refractivity contribution is -0.162. The number of carboxylic acids is 1. The van der Waals surface area contributed by atoms with Crippen LogP contribution in [0.4, 0.5) is 0 Å². The Morgan fingerprint density at radius 1 is 1.54 bits per heavy atom. The molecular formula is C17H25N3O4. The summed E-state index contributed by atoms with van der Waals surface area (Å²) in [4.78, 5) is 29.7. The number of nitrogens with zero attached hydrogens (tertiary/aromatic N) is 2. The molecule has 0 saturated carbocycles. The Hall–Kier alpha value is -1.99. The first-order valence-electron chi connectivity index (χ1n) is 8.03. The van der Waals surface area contributed by atoms with Crippen molar-refractivity contribution in [1.82, 2.24) is 15.2 Å². The molecule has 2 atom stereocenters. The number of rotatable bonds is 5. The van der Waals surface area contributed by atoms with Crippen LogP contribution < -0.4 is 5.32 Å². The Labute approximate surface area is 142 Å². The summed E-state index contributed by atoms with van der Waals surface area (Å²) < 4.78 is 5.60. The number of aliphatic carboxylic acids is 1. The average molecular weight is 335 g/mol. The molecule has 1 aromatic heterocycles. The van der Waals surface area contributed by atoms with E-state index in [-0.39, 0.29) is 18.6 Å². The highest BCUT2D eigenvalue weighted by molar-refractivity contribution is 5.95. The van der Waals surface area contributed by atoms with Gasteiger partial charge >= 0.3 is 5.97 Å². The maximum Gasteiger partial charge on any atom is 0.323 e. The molecule has 2 rings (SSSR count). The minimum atomic E-state index is -0.910. The first kappa shape index (κ1) is 18.4. The number of amides is 1. The zero-order chi connectivity index (χ0) is 17.9. The summed E-state index contributed by atoms with van der Waals surface area (Å²) in [5.74, 6) is -1.11. The molecule has 7 nitrogen and oxygen atoms in total. The molecule has 2 N–H and O–H groups in total. The molecule has 1 saturated heterocycles. The summed E-state index contributed by atoms with van der Waals surface area (Å²) in [5.41, 5.74) is 0.787. The highest BCUT2D eigenvalue weighted by atomic mass is 16.5. The molecule has 1 amide bonds. The van der Waals surface area contributed by atoms with Crippen molar-refractivity contribution < 1.29 is 19.4 Å². The van der Waals surface area contributed by atoms with Gasteiger partial charge in [-0.2, -0.15) is 0 Å². The Morgan fingerprint density at radius 2 is 2.25 bits per heavy atom. The van der Waals surface area contributed by atoms with Crippen molar-refractivity contribution in [1.29, 1.82) is 0 Å². The van der Waals surface area contributed by atoms with Crippen molar-refractivity contribution in [2.45, 2.75) is 45.4 Å². The van der Waals surface area contributed by atoms with Gasteiger partial charge in [-0.25, -0.2) is 0 Å². The van der Waals surface area contributed by atoms with E-state index < -0.39 is 17.6 Å². The molecule has 0 bridgehead atoms. The average Bonchev–Trinajstić information content (AvgIpc) is 2.46. The Kier molecular flexibility index (Phi) is 5.56. The lowest BCUT2D eigenvalue weighted by atomic mass is 10.0. The van der Waals surface area contributed by atoms with Crippen molar-refractivity contribution in [3.8, 4) is 0 Å². The maximum absolute atomic E-state index is 12.3. The molecule has 0 spiro atoms. The Bertz CT molecular complexity index is 618. The van der Waals surface area contributed by atoms with E-state index in [9.17, 15) is 14.7 Å². The zero-order valence-corrected chi connectivity index (χ0v) is 14.6. The third kappa shape index (κ3) is 4.52. The second kappa shape index (κ2) is 7.27. The third-order valence-electron chi connectivity index (χ3n) is 4.08. The zero-order valence-electron chi connectivity index (χ0n) is 14.6. The SMILES string of the molecule is Cc1ncccc1C(=O)N[C@@H](C)CN1CC(C)(C)OCC1C(=O)O. The number of pyridine rings is 1. The van der Waals surface area contributed by atoms with Crippen molar-refractivity contribution in [2.75, 3.05) is 19.7 Å². The van der Waals surface area contributed by atoms with Crippen molar-refractivity contribution >= 4 is 11.9 Å². The van der Waals surface area contributed by atoms with Crippen LogP contribution in [0, 0.1) is 6.92 Å². The molecule has 1 fully saturated rings. The Morgan fingerprint density at radius 3 is 2.88 bits per heavy atom. The fourth-order valence-electron chi connectivity index (χ4n) is 2.90. The highest BCUT2D eigenvalue weighted by Gasteiger charge is 2.38. The van der Waals surface area contributed by atoms with Gasteiger partial charge in [0.15, 0.2) is 0 Å². The first-order valence-corrected chi connectivity index (χ1v) is 8.03. The molecule has 2 heterocycles. The van der Waals surface area contributed by atoms with Gasteiger partial charge in [0.1, 0.15) is 6.04 Å². The number of carboxylic acid groups (broad SMARTS) is 1. The monoisotopic (exact) mass is 335 g/mol. The molecule has 1 unspecified atom stereocenters. The van der Waals surface area contributed by atoms with E-state index in [0.29, 0.717) is 24.3 Å². The lowest BCUT2D eigenvalue weighted by Crippen LogP contribution is -2.59. The van der Waals surface area contributed by atoms with Crippen molar-refractivity contribution in [3.63, 3.8) is 0 Å². The van der Waals surface area contributed by atoms with E-state index >= 15 is 0 Å². The summed E-state index contributed by atoms with van der Waals surface area (Å²) in [7, 11) is 0. The molecule has 1 aliphatic heterocycles. The minimum absolute atomic E-state index is 0.144. The van der Waals surface area contributed by atoms with E-state index in [1.54, 1.807) is 25.3 Å². The van der Waals surface area contributed by atoms with Gasteiger partial charge in [-0.05, 0) is 39.8 Å². The fraction of sp³-hybridized carbons (Fsp3) is 0.588. The van der Waals surface area contributed by atoms with Crippen LogP contribution >= 0.6 is 0 Å². The summed E-state index contributed by atoms with van der Waals surface area (Å²) in [6, 6.07) is 2.55. The quantitative estimate of drug-likeness (QED) is 0.836. The van der Waals surface area contributed by atoms with Crippen LogP contribution in [-0.2, 0) is 9.53 Å². The molecule has 0 aliphatic carbocycles. The van der Waals surface area contributed by atoms with Gasteiger partial charge in [0, 0.05) is 31.0 Å². The molecule has 1 aliphatic rings. The van der Waals surface area contributed by atoms with Gasteiger partial charge in [-0.3, -0.25) is 19.5 Å². The maximum atomic E-state index is 12.3. The molecular weight excluding hydrogens is 310 g/mol. The standard InChI is InChI=1S/C17H25N3O4/c1-11(19-15(21)13-6-5-7-18-12(13)2)8-20-10-17(3,4)24-9-14(20)16(22)23/h5-7,11,14H,8-10H2,1-4H3,(H,19,21)(H,22,23)/t11-,14?/m0/s1. The first-order chi connectivity index (χ1) is 11.2. The molecule has 132 valence electrons. The topological polar surface area (TPSA) is 91.8 Å². The van der Waals surface area contributed by atoms with E-state index in [4.69, 9.17) is 4.74 Å². The largest absolute Gasteiger partial charge is 0.480 e. The fourth-order valence-corrected chi connectivity index (χ4v) is 2.90. The van der Waals surface area contributed by atoms with E-state index in [0.717, 1.165) is 0 Å². The normalized spacial score (nSPS) is 21.9. The summed E-state index contributed by atoms with van der Waals surface area (Å²) >= 11 is 0. The van der Waals surface area contributed by atoms with Gasteiger partial charge in [-0.1, -0.05) is 0 Å². The summed E-state index contributed by atoms with van der Waals surface area (Å²) in [6.07, 6.45) is 1.64. The third-order valence-corrected chi connectivity index (χ3v) is 4.08. The summed E-state index contributed by atoms with van der Waals surface area (Å²) in [6.45, 7) is 8.59. The van der Waals surface area contributed by atoms with Crippen LogP contribution in [0.25, 0.3) is 0 Å². The molecule has 24 heavy (non-hydrogen) atoms. The van der Waals surface area contributed by atoms with Gasteiger partial charge in [0.05, 0.1) is 17.8 Å². The second-order valence-corrected chi connectivity index (χ2v) is 6.87. The molecule has 0 radical (unpaired) electrons. The smallest absolute Gasteiger partial charge is 0.323 e. The van der Waals surface area contributed by atoms with Crippen LogP contribution in [0.3, 0.4) is 0 Å². The van der Waals surface area contributed by atoms with Crippen LogP contribution in [0.5, 0.6) is 0 Å². The highest BCUT2D eigenvalue weighted by Crippen LogP contribution is 2.21. The number of carbonyl (C=O) groups is 2. The number of aryl methyl sites for hydroxylation is 1. The molecule has 7 heteroatoms. The molecule has 1 aromatic rings. The van der Waals surface area contributed by atoms with Crippen LogP contribution in [-0.4, -0.2) is 64.2 Å². The predicted octanol–water partition coefficient (Wildman–Crippen LogP) is 1.07. The van der Waals surface area contributed by atoms with Gasteiger partial charge in [0.2, 0.25) is 0 Å². The number of nitrogens with one attached hydrogen (secondary N) is 1. The number of aromatic nitrogens is 1. The van der Waals surface area contributed by atoms with Crippen LogP contribution in [0.15, 0.2) is 18.3 Å². The minimum Gasteiger partial charge on any atom is -0.480 e. The van der Waals surface area contributed by atoms with E-state index in [2.05, 4.69) is 10.3 Å². The summed E-state index contributed by atoms with van der Waals surface area (Å²) in [5, 5.41) is 12.3. The number of hydrogen-bond acceptors (Lipinski definition) is 5. The van der Waals surface area contributed by atoms with Gasteiger partial charge < -0.3 is 15.2 Å². The molecule has 0 aromatic carbocycles. The second-order valence-electron chi connectivity index (χ2n) is 6.87. The predicted molar refractivity (Wildman–Crippen MR) is 88.9 cm³/mol. The van der Waals surface area contributed by atoms with Crippen molar-refractivity contribution in [2.24, 2.45) is 0 Å². The van der Waals surface area contributed by atoms with Gasteiger partial charge in [0.25, 0.3) is 5.91 Å². The van der Waals surface area contributed by atoms with Gasteiger partial charge in [-0.15, -0.1) is 0 Å². The number of morpholine rings is 1. The lowest BCUT2D eigenvalue weighted by Gasteiger charge is -2.42.